The van der Waals surface area contributed by atoms with Crippen molar-refractivity contribution < 1.29 is 0 Å². The van der Waals surface area contributed by atoms with E-state index in [1.807, 2.05) is 6.20 Å². The quantitative estimate of drug-likeness (QED) is 0.767. The van der Waals surface area contributed by atoms with Gasteiger partial charge in [0.05, 0.1) is 11.9 Å². The van der Waals surface area contributed by atoms with Crippen LogP contribution in [0, 0.1) is 6.92 Å². The average molecular weight is 305 g/mol. The van der Waals surface area contributed by atoms with E-state index in [-0.39, 0.29) is 0 Å². The monoisotopic (exact) mass is 305 g/mol. The van der Waals surface area contributed by atoms with E-state index >= 15 is 0 Å². The maximum Gasteiger partial charge on any atom is 0.0727 e. The minimum absolute atomic E-state index is 0.351. The molecule has 0 spiro atoms. The first-order chi connectivity index (χ1) is 11.2. The molecule has 1 heterocycles. The minimum Gasteiger partial charge on any atom is -0.307 e. The lowest BCUT2D eigenvalue weighted by atomic mass is 9.92. The highest BCUT2D eigenvalue weighted by Crippen LogP contribution is 2.27. The topological polar surface area (TPSA) is 29.9 Å². The lowest BCUT2D eigenvalue weighted by Crippen LogP contribution is -2.36. The van der Waals surface area contributed by atoms with E-state index in [1.165, 1.54) is 41.3 Å². The Bertz CT molecular complexity index is 825. The van der Waals surface area contributed by atoms with E-state index in [4.69, 9.17) is 0 Å². The van der Waals surface area contributed by atoms with Crippen LogP contribution in [0.25, 0.3) is 16.5 Å². The Balaban J connectivity index is 1.72. The molecule has 0 radical (unpaired) electrons. The Hall–Kier alpha value is -2.13. The summed E-state index contributed by atoms with van der Waals surface area (Å²) < 4.78 is 2.08. The number of nitrogens with zero attached hydrogens (tertiary/aromatic N) is 2. The van der Waals surface area contributed by atoms with Crippen LogP contribution >= 0.6 is 0 Å². The molecule has 1 aliphatic rings. The third kappa shape index (κ3) is 2.55. The third-order valence-corrected chi connectivity index (χ3v) is 5.10. The summed E-state index contributed by atoms with van der Waals surface area (Å²) in [6.07, 6.45) is 5.99. The van der Waals surface area contributed by atoms with Crippen molar-refractivity contribution in [3.05, 3.63) is 59.9 Å². The molecule has 3 aromatic rings. The Labute approximate surface area is 137 Å². The number of hydrogen-bond acceptors (Lipinski definition) is 2. The van der Waals surface area contributed by atoms with Gasteiger partial charge in [-0.3, -0.25) is 0 Å². The van der Waals surface area contributed by atoms with Gasteiger partial charge in [-0.25, -0.2) is 4.68 Å². The Morgan fingerprint density at radius 1 is 1.13 bits per heavy atom. The van der Waals surface area contributed by atoms with Crippen LogP contribution in [0.5, 0.6) is 0 Å². The van der Waals surface area contributed by atoms with E-state index in [9.17, 15) is 0 Å². The third-order valence-electron chi connectivity index (χ3n) is 5.10. The van der Waals surface area contributed by atoms with Crippen LogP contribution in [-0.4, -0.2) is 15.8 Å². The molecule has 1 N–H and O–H groups in total. The summed E-state index contributed by atoms with van der Waals surface area (Å²) in [4.78, 5) is 0. The standard InChI is InChI=1S/C20H23N3/c1-14(22-17-9-6-10-17)19-13-21-23(15(19)2)20-12-5-8-16-7-3-4-11-18(16)20/h3-5,7-8,11-14,17,22H,6,9-10H2,1-2H3/t14-/m0/s1. The molecule has 3 heteroatoms. The fourth-order valence-corrected chi connectivity index (χ4v) is 3.50. The van der Waals surface area contributed by atoms with Crippen molar-refractivity contribution in [2.24, 2.45) is 0 Å². The molecule has 0 saturated heterocycles. The first-order valence-corrected chi connectivity index (χ1v) is 8.53. The van der Waals surface area contributed by atoms with Gasteiger partial charge < -0.3 is 5.32 Å². The molecule has 1 aromatic heterocycles. The predicted octanol–water partition coefficient (Wildman–Crippen LogP) is 4.54. The highest BCUT2D eigenvalue weighted by atomic mass is 15.3. The molecule has 0 unspecified atom stereocenters. The van der Waals surface area contributed by atoms with Gasteiger partial charge >= 0.3 is 0 Å². The fourth-order valence-electron chi connectivity index (χ4n) is 3.50. The summed E-state index contributed by atoms with van der Waals surface area (Å²) in [5.41, 5.74) is 3.67. The summed E-state index contributed by atoms with van der Waals surface area (Å²) >= 11 is 0. The second-order valence-corrected chi connectivity index (χ2v) is 6.61. The molecule has 118 valence electrons. The SMILES string of the molecule is Cc1c([C@H](C)NC2CCC2)cnn1-c1cccc2ccccc12. The largest absolute Gasteiger partial charge is 0.307 e. The lowest BCUT2D eigenvalue weighted by molar-refractivity contribution is 0.313. The summed E-state index contributed by atoms with van der Waals surface area (Å²) in [5.74, 6) is 0. The van der Waals surface area contributed by atoms with Gasteiger partial charge in [0.25, 0.3) is 0 Å². The van der Waals surface area contributed by atoms with Crippen molar-refractivity contribution in [1.82, 2.24) is 15.1 Å². The summed E-state index contributed by atoms with van der Waals surface area (Å²) in [6.45, 7) is 4.42. The number of hydrogen-bond donors (Lipinski definition) is 1. The highest BCUT2D eigenvalue weighted by Gasteiger charge is 2.22. The molecule has 4 rings (SSSR count). The number of nitrogens with one attached hydrogen (secondary N) is 1. The van der Waals surface area contributed by atoms with Crippen molar-refractivity contribution in [2.75, 3.05) is 0 Å². The summed E-state index contributed by atoms with van der Waals surface area (Å²) in [7, 11) is 0. The molecule has 1 aliphatic carbocycles. The lowest BCUT2D eigenvalue weighted by Gasteiger charge is -2.30. The summed E-state index contributed by atoms with van der Waals surface area (Å²) in [6, 6.07) is 15.9. The van der Waals surface area contributed by atoms with Crippen molar-refractivity contribution >= 4 is 10.8 Å². The highest BCUT2D eigenvalue weighted by molar-refractivity contribution is 5.90. The maximum absolute atomic E-state index is 4.68. The molecule has 0 bridgehead atoms. The van der Waals surface area contributed by atoms with Gasteiger partial charge in [0.1, 0.15) is 0 Å². The Morgan fingerprint density at radius 2 is 1.91 bits per heavy atom. The van der Waals surface area contributed by atoms with Crippen LogP contribution in [0.2, 0.25) is 0 Å². The van der Waals surface area contributed by atoms with Gasteiger partial charge in [0.15, 0.2) is 0 Å². The van der Waals surface area contributed by atoms with Gasteiger partial charge in [0, 0.05) is 28.7 Å². The number of fused-ring (bicyclic) bond motifs is 1. The molecular weight excluding hydrogens is 282 g/mol. The molecule has 3 nitrogen and oxygen atoms in total. The van der Waals surface area contributed by atoms with Crippen LogP contribution in [0.3, 0.4) is 0 Å². The van der Waals surface area contributed by atoms with E-state index in [0.29, 0.717) is 12.1 Å². The van der Waals surface area contributed by atoms with Crippen molar-refractivity contribution in [3.8, 4) is 5.69 Å². The Morgan fingerprint density at radius 3 is 2.70 bits per heavy atom. The van der Waals surface area contributed by atoms with Gasteiger partial charge in [0.2, 0.25) is 0 Å². The number of benzene rings is 2. The second-order valence-electron chi connectivity index (χ2n) is 6.61. The van der Waals surface area contributed by atoms with E-state index in [1.54, 1.807) is 0 Å². The van der Waals surface area contributed by atoms with Gasteiger partial charge in [-0.1, -0.05) is 42.8 Å². The van der Waals surface area contributed by atoms with Crippen molar-refractivity contribution in [3.63, 3.8) is 0 Å². The van der Waals surface area contributed by atoms with Gasteiger partial charge in [-0.05, 0) is 38.1 Å². The predicted molar refractivity (Wildman–Crippen MR) is 95.0 cm³/mol. The molecule has 23 heavy (non-hydrogen) atoms. The van der Waals surface area contributed by atoms with E-state index in [0.717, 1.165) is 5.69 Å². The molecule has 1 saturated carbocycles. The van der Waals surface area contributed by atoms with Crippen molar-refractivity contribution in [1.29, 1.82) is 0 Å². The Kier molecular flexibility index (Phi) is 3.66. The molecule has 0 amide bonds. The molecule has 1 atom stereocenters. The molecule has 1 fully saturated rings. The first-order valence-electron chi connectivity index (χ1n) is 8.53. The molecule has 0 aliphatic heterocycles. The van der Waals surface area contributed by atoms with Crippen molar-refractivity contribution in [2.45, 2.75) is 45.2 Å². The van der Waals surface area contributed by atoms with E-state index < -0.39 is 0 Å². The zero-order valence-electron chi connectivity index (χ0n) is 13.8. The minimum atomic E-state index is 0.351. The van der Waals surface area contributed by atoms with Crippen LogP contribution in [0.1, 0.15) is 43.5 Å². The zero-order chi connectivity index (χ0) is 15.8. The smallest absolute Gasteiger partial charge is 0.0727 e. The van der Waals surface area contributed by atoms with Crippen LogP contribution < -0.4 is 5.32 Å². The average Bonchev–Trinajstić information content (AvgIpc) is 2.92. The van der Waals surface area contributed by atoms with Crippen LogP contribution in [0.15, 0.2) is 48.7 Å². The molecular formula is C20H23N3. The van der Waals surface area contributed by atoms with Gasteiger partial charge in [-0.15, -0.1) is 0 Å². The van der Waals surface area contributed by atoms with E-state index in [2.05, 4.69) is 71.4 Å². The normalized spacial score (nSPS) is 16.4. The fraction of sp³-hybridized carbons (Fsp3) is 0.350. The van der Waals surface area contributed by atoms with Crippen LogP contribution in [0.4, 0.5) is 0 Å². The maximum atomic E-state index is 4.68. The zero-order valence-corrected chi connectivity index (χ0v) is 13.8. The van der Waals surface area contributed by atoms with Gasteiger partial charge in [-0.2, -0.15) is 5.10 Å². The summed E-state index contributed by atoms with van der Waals surface area (Å²) in [5, 5.41) is 10.9. The van der Waals surface area contributed by atoms with Crippen LogP contribution in [-0.2, 0) is 0 Å². The number of aromatic nitrogens is 2. The first kappa shape index (κ1) is 14.5. The number of rotatable bonds is 4. The second kappa shape index (κ2) is 5.82. The molecule has 2 aromatic carbocycles.